The Bertz CT molecular complexity index is 1210. The monoisotopic (exact) mass is 387 g/mol. The number of hydrogen-bond donors (Lipinski definition) is 0. The van der Waals surface area contributed by atoms with Gasteiger partial charge >= 0.3 is 17.3 Å². The fourth-order valence-corrected chi connectivity index (χ4v) is 2.81. The molecule has 1 heterocycles. The number of carbonyl (C=O) groups excluding carboxylic acids is 1. The summed E-state index contributed by atoms with van der Waals surface area (Å²) in [6.45, 7) is 1.08. The normalized spacial score (nSPS) is 10.8. The number of para-hydroxylation sites is 1. The lowest BCUT2D eigenvalue weighted by atomic mass is 10.2. The Kier molecular flexibility index (Phi) is 5.03. The van der Waals surface area contributed by atoms with Crippen molar-refractivity contribution in [3.63, 3.8) is 0 Å². The van der Waals surface area contributed by atoms with Crippen LogP contribution in [-0.4, -0.2) is 20.0 Å². The summed E-state index contributed by atoms with van der Waals surface area (Å²) < 4.78 is 20.3. The van der Waals surface area contributed by atoms with E-state index < -0.39 is 45.9 Å². The molecule has 0 fully saturated rings. The molecule has 144 valence electrons. The van der Waals surface area contributed by atoms with Crippen LogP contribution in [0.25, 0.3) is 10.9 Å². The van der Waals surface area contributed by atoms with Crippen LogP contribution in [0.15, 0.2) is 52.1 Å². The molecule has 0 unspecified atom stereocenters. The fourth-order valence-electron chi connectivity index (χ4n) is 2.81. The summed E-state index contributed by atoms with van der Waals surface area (Å²) in [5.41, 5.74) is -1.59. The first-order valence-corrected chi connectivity index (χ1v) is 8.20. The third-order valence-corrected chi connectivity index (χ3v) is 4.08. The molecular weight excluding hydrogens is 373 g/mol. The molecule has 28 heavy (non-hydrogen) atoms. The number of esters is 1. The minimum Gasteiger partial charge on any atom is -0.418 e. The molecule has 0 aliphatic rings. The second kappa shape index (κ2) is 7.43. The van der Waals surface area contributed by atoms with E-state index in [9.17, 15) is 28.9 Å². The number of rotatable bonds is 5. The summed E-state index contributed by atoms with van der Waals surface area (Å²) in [4.78, 5) is 47.5. The Labute approximate surface area is 156 Å². The molecule has 9 nitrogen and oxygen atoms in total. The SMILES string of the molecule is CCn1c(=O)c2ccccc2n(CC(=O)Oc2cc(F)ccc2[N+](=O)[O-])c1=O. The third-order valence-electron chi connectivity index (χ3n) is 4.08. The molecule has 1 aromatic heterocycles. The third kappa shape index (κ3) is 3.39. The quantitative estimate of drug-likeness (QED) is 0.286. The second-order valence-electron chi connectivity index (χ2n) is 5.78. The van der Waals surface area contributed by atoms with Gasteiger partial charge in [0.15, 0.2) is 0 Å². The lowest BCUT2D eigenvalue weighted by Gasteiger charge is -2.12. The minimum absolute atomic E-state index is 0.0902. The van der Waals surface area contributed by atoms with Crippen molar-refractivity contribution in [3.8, 4) is 5.75 Å². The highest BCUT2D eigenvalue weighted by atomic mass is 19.1. The van der Waals surface area contributed by atoms with E-state index in [0.717, 1.165) is 21.3 Å². The average molecular weight is 387 g/mol. The number of carbonyl (C=O) groups is 1. The standard InChI is InChI=1S/C18H14FN3O6/c1-2-20-17(24)12-5-3-4-6-13(12)21(18(20)25)10-16(23)28-15-9-11(19)7-8-14(15)22(26)27/h3-9H,2,10H2,1H3. The Morgan fingerprint density at radius 1 is 1.18 bits per heavy atom. The van der Waals surface area contributed by atoms with E-state index in [-0.39, 0.29) is 17.4 Å². The van der Waals surface area contributed by atoms with Gasteiger partial charge in [0, 0.05) is 18.7 Å². The molecule has 2 aromatic carbocycles. The maximum absolute atomic E-state index is 13.4. The zero-order valence-corrected chi connectivity index (χ0v) is 14.6. The molecule has 10 heteroatoms. The number of halogens is 1. The molecule has 0 saturated heterocycles. The smallest absolute Gasteiger partial charge is 0.332 e. The van der Waals surface area contributed by atoms with Crippen molar-refractivity contribution >= 4 is 22.6 Å². The summed E-state index contributed by atoms with van der Waals surface area (Å²) in [7, 11) is 0. The van der Waals surface area contributed by atoms with Gasteiger partial charge in [-0.2, -0.15) is 0 Å². The predicted octanol–water partition coefficient (Wildman–Crippen LogP) is 1.84. The Morgan fingerprint density at radius 3 is 2.57 bits per heavy atom. The van der Waals surface area contributed by atoms with Crippen LogP contribution >= 0.6 is 0 Å². The van der Waals surface area contributed by atoms with E-state index in [4.69, 9.17) is 4.74 Å². The van der Waals surface area contributed by atoms with Crippen LogP contribution in [0.4, 0.5) is 10.1 Å². The Balaban J connectivity index is 2.04. The zero-order valence-electron chi connectivity index (χ0n) is 14.6. The predicted molar refractivity (Wildman–Crippen MR) is 96.8 cm³/mol. The minimum atomic E-state index is -1.03. The summed E-state index contributed by atoms with van der Waals surface area (Å²) >= 11 is 0. The molecule has 3 rings (SSSR count). The molecule has 0 N–H and O–H groups in total. The summed E-state index contributed by atoms with van der Waals surface area (Å²) in [6.07, 6.45) is 0. The van der Waals surface area contributed by atoms with Gasteiger partial charge in [-0.15, -0.1) is 0 Å². The summed E-state index contributed by atoms with van der Waals surface area (Å²) in [5, 5.41) is 11.3. The van der Waals surface area contributed by atoms with Crippen LogP contribution in [0.5, 0.6) is 5.75 Å². The van der Waals surface area contributed by atoms with Crippen LogP contribution in [-0.2, 0) is 17.9 Å². The topological polar surface area (TPSA) is 113 Å². The molecule has 0 bridgehead atoms. The van der Waals surface area contributed by atoms with Gasteiger partial charge < -0.3 is 4.74 Å². The van der Waals surface area contributed by atoms with Gasteiger partial charge in [-0.25, -0.2) is 14.0 Å². The van der Waals surface area contributed by atoms with Crippen LogP contribution in [0.1, 0.15) is 6.92 Å². The molecule has 0 atom stereocenters. The van der Waals surface area contributed by atoms with E-state index in [2.05, 4.69) is 0 Å². The largest absolute Gasteiger partial charge is 0.418 e. The molecule has 0 aliphatic heterocycles. The molecule has 0 amide bonds. The van der Waals surface area contributed by atoms with Crippen LogP contribution in [0, 0.1) is 15.9 Å². The average Bonchev–Trinajstić information content (AvgIpc) is 2.65. The van der Waals surface area contributed by atoms with E-state index in [1.54, 1.807) is 19.1 Å². The molecule has 0 aliphatic carbocycles. The number of benzene rings is 2. The molecule has 0 spiro atoms. The number of fused-ring (bicyclic) bond motifs is 1. The summed E-state index contributed by atoms with van der Waals surface area (Å²) in [5.74, 6) is -2.42. The molecular formula is C18H14FN3O6. The van der Waals surface area contributed by atoms with Crippen molar-refractivity contribution in [1.82, 2.24) is 9.13 Å². The van der Waals surface area contributed by atoms with Gasteiger partial charge in [0.1, 0.15) is 12.4 Å². The van der Waals surface area contributed by atoms with Crippen molar-refractivity contribution in [3.05, 3.63) is 79.2 Å². The molecule has 3 aromatic rings. The first kappa shape index (κ1) is 19.0. The highest BCUT2D eigenvalue weighted by molar-refractivity contribution is 5.80. The van der Waals surface area contributed by atoms with Gasteiger partial charge in [0.05, 0.1) is 15.8 Å². The first-order valence-electron chi connectivity index (χ1n) is 8.20. The van der Waals surface area contributed by atoms with Crippen molar-refractivity contribution < 1.29 is 18.8 Å². The van der Waals surface area contributed by atoms with E-state index in [1.165, 1.54) is 12.1 Å². The Morgan fingerprint density at radius 2 is 1.89 bits per heavy atom. The lowest BCUT2D eigenvalue weighted by Crippen LogP contribution is -2.41. The van der Waals surface area contributed by atoms with Crippen LogP contribution in [0.3, 0.4) is 0 Å². The first-order chi connectivity index (χ1) is 13.3. The number of hydrogen-bond acceptors (Lipinski definition) is 6. The van der Waals surface area contributed by atoms with Crippen molar-refractivity contribution in [2.24, 2.45) is 0 Å². The van der Waals surface area contributed by atoms with E-state index >= 15 is 0 Å². The van der Waals surface area contributed by atoms with Gasteiger partial charge in [0.2, 0.25) is 5.75 Å². The van der Waals surface area contributed by atoms with Gasteiger partial charge in [-0.05, 0) is 25.1 Å². The van der Waals surface area contributed by atoms with E-state index in [1.807, 2.05) is 0 Å². The maximum atomic E-state index is 13.4. The molecule has 0 radical (unpaired) electrons. The summed E-state index contributed by atoms with van der Waals surface area (Å²) in [6, 6.07) is 8.67. The zero-order chi connectivity index (χ0) is 20.4. The van der Waals surface area contributed by atoms with Crippen molar-refractivity contribution in [2.75, 3.05) is 0 Å². The Hall–Kier alpha value is -3.82. The van der Waals surface area contributed by atoms with Crippen molar-refractivity contribution in [2.45, 2.75) is 20.0 Å². The van der Waals surface area contributed by atoms with Crippen LogP contribution < -0.4 is 16.0 Å². The maximum Gasteiger partial charge on any atom is 0.332 e. The van der Waals surface area contributed by atoms with Gasteiger partial charge in [-0.1, -0.05) is 12.1 Å². The fraction of sp³-hybridized carbons (Fsp3) is 0.167. The number of nitrogens with zero attached hydrogens (tertiary/aromatic N) is 3. The number of ether oxygens (including phenoxy) is 1. The van der Waals surface area contributed by atoms with E-state index in [0.29, 0.717) is 6.07 Å². The van der Waals surface area contributed by atoms with Crippen molar-refractivity contribution in [1.29, 1.82) is 0 Å². The lowest BCUT2D eigenvalue weighted by molar-refractivity contribution is -0.385. The number of nitro benzene ring substituents is 1. The molecule has 0 saturated carbocycles. The number of nitro groups is 1. The van der Waals surface area contributed by atoms with Gasteiger partial charge in [0.25, 0.3) is 5.56 Å². The highest BCUT2D eigenvalue weighted by Crippen LogP contribution is 2.27. The second-order valence-corrected chi connectivity index (χ2v) is 5.78. The van der Waals surface area contributed by atoms with Crippen LogP contribution in [0.2, 0.25) is 0 Å². The van der Waals surface area contributed by atoms with Gasteiger partial charge in [-0.3, -0.25) is 24.0 Å². The number of aromatic nitrogens is 2. The highest BCUT2D eigenvalue weighted by Gasteiger charge is 2.21.